The van der Waals surface area contributed by atoms with Gasteiger partial charge < -0.3 is 9.88 Å². The molecule has 8 nitrogen and oxygen atoms in total. The van der Waals surface area contributed by atoms with Gasteiger partial charge >= 0.3 is 0 Å². The van der Waals surface area contributed by atoms with Gasteiger partial charge in [-0.2, -0.15) is 4.80 Å². The highest BCUT2D eigenvalue weighted by Gasteiger charge is 2.25. The number of amides is 1. The first-order valence-electron chi connectivity index (χ1n) is 10.0. The first kappa shape index (κ1) is 19.0. The summed E-state index contributed by atoms with van der Waals surface area (Å²) in [5.74, 6) is 0.432. The van der Waals surface area contributed by atoms with Crippen molar-refractivity contribution in [1.29, 1.82) is 0 Å². The number of aromatic nitrogens is 5. The van der Waals surface area contributed by atoms with E-state index < -0.39 is 0 Å². The van der Waals surface area contributed by atoms with E-state index in [2.05, 4.69) is 20.7 Å². The second-order valence-electron chi connectivity index (χ2n) is 7.32. The van der Waals surface area contributed by atoms with Crippen LogP contribution in [0.4, 0.5) is 0 Å². The van der Waals surface area contributed by atoms with E-state index in [9.17, 15) is 9.59 Å². The summed E-state index contributed by atoms with van der Waals surface area (Å²) in [4.78, 5) is 26.1. The molecule has 1 aliphatic carbocycles. The zero-order valence-corrected chi connectivity index (χ0v) is 16.4. The Morgan fingerprint density at radius 1 is 1.14 bits per heavy atom. The largest absolute Gasteiger partial charge is 0.349 e. The van der Waals surface area contributed by atoms with E-state index in [-0.39, 0.29) is 23.6 Å². The van der Waals surface area contributed by atoms with Crippen LogP contribution in [0.2, 0.25) is 0 Å². The van der Waals surface area contributed by atoms with Crippen molar-refractivity contribution in [3.8, 4) is 11.4 Å². The molecular formula is C21H24N6O2. The molecule has 29 heavy (non-hydrogen) atoms. The Morgan fingerprint density at radius 2 is 1.90 bits per heavy atom. The van der Waals surface area contributed by atoms with Crippen LogP contribution in [0.15, 0.2) is 53.5 Å². The van der Waals surface area contributed by atoms with Crippen LogP contribution in [0.5, 0.6) is 0 Å². The third-order valence-corrected chi connectivity index (χ3v) is 5.42. The zero-order valence-electron chi connectivity index (χ0n) is 16.4. The second-order valence-corrected chi connectivity index (χ2v) is 7.32. The van der Waals surface area contributed by atoms with Gasteiger partial charge in [0.2, 0.25) is 5.82 Å². The fraction of sp³-hybridized carbons (Fsp3) is 0.381. The number of hydrogen-bond acceptors (Lipinski definition) is 5. The molecule has 1 saturated carbocycles. The van der Waals surface area contributed by atoms with Gasteiger partial charge in [0, 0.05) is 36.0 Å². The molecule has 0 unspecified atom stereocenters. The van der Waals surface area contributed by atoms with Gasteiger partial charge in [0.05, 0.1) is 6.04 Å². The van der Waals surface area contributed by atoms with E-state index in [0.29, 0.717) is 17.9 Å². The maximum absolute atomic E-state index is 12.5. The third-order valence-electron chi connectivity index (χ3n) is 5.42. The standard InChI is InChI=1S/C21H24N6O2/c1-2-26-13-12-16(14-19(26)28)21(29)22-17-8-10-18(11-9-17)27-24-20(23-25-27)15-6-4-3-5-7-15/h3-7,12-14,17-18H,2,8-11H2,1H3,(H,22,29). The predicted molar refractivity (Wildman–Crippen MR) is 108 cm³/mol. The molecule has 150 valence electrons. The van der Waals surface area contributed by atoms with Crippen molar-refractivity contribution in [3.05, 3.63) is 64.6 Å². The summed E-state index contributed by atoms with van der Waals surface area (Å²) in [6.07, 6.45) is 5.07. The number of rotatable bonds is 5. The molecule has 1 aliphatic rings. The average molecular weight is 392 g/mol. The second kappa shape index (κ2) is 8.38. The SMILES string of the molecule is CCn1ccc(C(=O)NC2CCC(n3nnc(-c4ccccc4)n3)CC2)cc1=O. The van der Waals surface area contributed by atoms with Crippen LogP contribution in [0, 0.1) is 0 Å². The van der Waals surface area contributed by atoms with Gasteiger partial charge in [0.1, 0.15) is 0 Å². The summed E-state index contributed by atoms with van der Waals surface area (Å²) in [5.41, 5.74) is 1.20. The van der Waals surface area contributed by atoms with Gasteiger partial charge in [0.15, 0.2) is 0 Å². The van der Waals surface area contributed by atoms with Gasteiger partial charge in [-0.05, 0) is 43.9 Å². The first-order valence-corrected chi connectivity index (χ1v) is 10.0. The van der Waals surface area contributed by atoms with Crippen molar-refractivity contribution in [2.75, 3.05) is 0 Å². The molecule has 2 aromatic heterocycles. The summed E-state index contributed by atoms with van der Waals surface area (Å²) in [7, 11) is 0. The van der Waals surface area contributed by atoms with Crippen LogP contribution in [-0.4, -0.2) is 36.7 Å². The highest BCUT2D eigenvalue weighted by atomic mass is 16.2. The number of benzene rings is 1. The number of aryl methyl sites for hydroxylation is 1. The molecule has 0 saturated heterocycles. The maximum Gasteiger partial charge on any atom is 0.251 e. The van der Waals surface area contributed by atoms with E-state index in [4.69, 9.17) is 0 Å². The summed E-state index contributed by atoms with van der Waals surface area (Å²) in [6.45, 7) is 2.49. The minimum Gasteiger partial charge on any atom is -0.349 e. The molecule has 0 atom stereocenters. The Labute approximate surface area is 168 Å². The van der Waals surface area contributed by atoms with Gasteiger partial charge in [0.25, 0.3) is 11.5 Å². The smallest absolute Gasteiger partial charge is 0.251 e. The van der Waals surface area contributed by atoms with Crippen molar-refractivity contribution in [3.63, 3.8) is 0 Å². The number of carbonyl (C=O) groups excluding carboxylic acids is 1. The highest BCUT2D eigenvalue weighted by Crippen LogP contribution is 2.28. The molecule has 0 aliphatic heterocycles. The average Bonchev–Trinajstić information content (AvgIpc) is 3.25. The molecule has 1 aromatic carbocycles. The Bertz CT molecular complexity index is 1030. The van der Waals surface area contributed by atoms with Crippen molar-refractivity contribution in [2.24, 2.45) is 0 Å². The zero-order chi connectivity index (χ0) is 20.2. The van der Waals surface area contributed by atoms with Gasteiger partial charge in [-0.25, -0.2) is 0 Å². The van der Waals surface area contributed by atoms with Gasteiger partial charge in [-0.3, -0.25) is 9.59 Å². The number of nitrogens with one attached hydrogen (secondary N) is 1. The van der Waals surface area contributed by atoms with Crippen LogP contribution in [0.1, 0.15) is 49.0 Å². The molecule has 4 rings (SSSR count). The number of nitrogens with zero attached hydrogens (tertiary/aromatic N) is 5. The van der Waals surface area contributed by atoms with Crippen molar-refractivity contribution in [2.45, 2.75) is 51.2 Å². The van der Waals surface area contributed by atoms with E-state index >= 15 is 0 Å². The normalized spacial score (nSPS) is 19.1. The van der Waals surface area contributed by atoms with Crippen LogP contribution in [0.3, 0.4) is 0 Å². The number of pyridine rings is 1. The lowest BCUT2D eigenvalue weighted by atomic mass is 9.91. The summed E-state index contributed by atoms with van der Waals surface area (Å²) in [6, 6.07) is 13.1. The molecule has 0 bridgehead atoms. The molecule has 0 spiro atoms. The summed E-state index contributed by atoms with van der Waals surface area (Å²) < 4.78 is 1.57. The molecule has 1 fully saturated rings. The van der Waals surface area contributed by atoms with Crippen molar-refractivity contribution < 1.29 is 4.79 Å². The Morgan fingerprint density at radius 3 is 2.59 bits per heavy atom. The Kier molecular flexibility index (Phi) is 5.50. The highest BCUT2D eigenvalue weighted by molar-refractivity contribution is 5.94. The quantitative estimate of drug-likeness (QED) is 0.720. The molecular weight excluding hydrogens is 368 g/mol. The van der Waals surface area contributed by atoms with Crippen LogP contribution in [0.25, 0.3) is 11.4 Å². The molecule has 1 N–H and O–H groups in total. The molecule has 0 radical (unpaired) electrons. The van der Waals surface area contributed by atoms with E-state index in [1.807, 2.05) is 37.3 Å². The van der Waals surface area contributed by atoms with E-state index in [1.54, 1.807) is 21.6 Å². The molecule has 1 amide bonds. The number of carbonyl (C=O) groups is 1. The summed E-state index contributed by atoms with van der Waals surface area (Å²) in [5, 5.41) is 16.0. The van der Waals surface area contributed by atoms with Gasteiger partial charge in [-0.15, -0.1) is 10.2 Å². The maximum atomic E-state index is 12.5. The number of tetrazole rings is 1. The molecule has 3 aromatic rings. The third kappa shape index (κ3) is 4.26. The van der Waals surface area contributed by atoms with Gasteiger partial charge in [-0.1, -0.05) is 30.3 Å². The topological polar surface area (TPSA) is 94.7 Å². The lowest BCUT2D eigenvalue weighted by Crippen LogP contribution is -2.38. The summed E-state index contributed by atoms with van der Waals surface area (Å²) >= 11 is 0. The fourth-order valence-electron chi connectivity index (χ4n) is 3.71. The first-order chi connectivity index (χ1) is 14.1. The monoisotopic (exact) mass is 392 g/mol. The lowest BCUT2D eigenvalue weighted by Gasteiger charge is -2.28. The lowest BCUT2D eigenvalue weighted by molar-refractivity contribution is 0.0920. The van der Waals surface area contributed by atoms with Crippen molar-refractivity contribution in [1.82, 2.24) is 30.1 Å². The predicted octanol–water partition coefficient (Wildman–Crippen LogP) is 2.44. The Hall–Kier alpha value is -3.29. The van der Waals surface area contributed by atoms with E-state index in [0.717, 1.165) is 31.2 Å². The Balaban J connectivity index is 1.34. The minimum atomic E-state index is -0.195. The molecule has 8 heteroatoms. The van der Waals surface area contributed by atoms with Crippen LogP contribution >= 0.6 is 0 Å². The number of hydrogen-bond donors (Lipinski definition) is 1. The molecule has 2 heterocycles. The van der Waals surface area contributed by atoms with E-state index in [1.165, 1.54) is 6.07 Å². The van der Waals surface area contributed by atoms with Crippen molar-refractivity contribution >= 4 is 5.91 Å². The fourth-order valence-corrected chi connectivity index (χ4v) is 3.71. The van der Waals surface area contributed by atoms with Crippen LogP contribution in [-0.2, 0) is 6.54 Å². The minimum absolute atomic E-state index is 0.0875. The van der Waals surface area contributed by atoms with Crippen LogP contribution < -0.4 is 10.9 Å².